The molecule has 0 bridgehead atoms. The lowest BCUT2D eigenvalue weighted by atomic mass is 9.84. The molecule has 0 spiro atoms. The highest BCUT2D eigenvalue weighted by atomic mass is 16.4. The summed E-state index contributed by atoms with van der Waals surface area (Å²) in [6.07, 6.45) is -5.89. The first-order chi connectivity index (χ1) is 32.3. The molecule has 8 atom stereocenters. The molecule has 10 amide bonds. The SMILES string of the molecule is CC(=O)N[C@H](C(=O)N[C@@H](C)C(=O)N[C@H](C(=O)N[C@@H](CCC(N)=O)C(=O)NCC(=O)N[C@@H](CCC(N)=O)C(=O)N[C@@H](CC(=O)Nc1ccc2c(c1)C(=O)C(=O)c1ccccc1-2)C(=O)O)[C@@H](C)O)[C@@H](C)O. The average Bonchev–Trinajstić information content (AvgIpc) is 3.27. The standard InChI is InChI=1S/C43H54N10O16/c1-18(47-41(66)34(19(2)54)48-21(4)56)38(63)53-35(20(3)55)42(67)51-27(11-13-30(44)57)39(64)46-17-33(60)50-28(12-14-31(45)58)40(65)52-29(43(68)69)16-32(59)49-22-9-10-24-23-7-5-6-8-25(23)36(61)37(62)26(24)15-22/h5-10,15,18-20,27-29,34-35,54-55H,11-14,16-17H2,1-4H3,(H2,44,57)(H2,45,58)(H,46,64)(H,47,66)(H,48,56)(H,49,59)(H,50,60)(H,51,67)(H,52,65)(H,53,63)(H,68,69)/t18-,19+,20+,27-,28-,29-,34-,35-/m0/s1. The number of carbonyl (C=O) groups excluding carboxylic acids is 12. The van der Waals surface area contributed by atoms with Crippen molar-refractivity contribution < 1.29 is 77.6 Å². The quantitative estimate of drug-likeness (QED) is 0.0417. The van der Waals surface area contributed by atoms with E-state index in [0.29, 0.717) is 11.1 Å². The molecular weight excluding hydrogens is 913 g/mol. The van der Waals surface area contributed by atoms with Crippen molar-refractivity contribution in [1.29, 1.82) is 0 Å². The van der Waals surface area contributed by atoms with Crippen molar-refractivity contribution >= 4 is 82.3 Å². The number of aliphatic hydroxyl groups is 2. The van der Waals surface area contributed by atoms with E-state index in [-0.39, 0.29) is 16.8 Å². The van der Waals surface area contributed by atoms with Crippen LogP contribution in [-0.2, 0) is 52.7 Å². The van der Waals surface area contributed by atoms with E-state index in [4.69, 9.17) is 11.5 Å². The Labute approximate surface area is 392 Å². The van der Waals surface area contributed by atoms with E-state index in [0.717, 1.165) is 13.8 Å². The summed E-state index contributed by atoms with van der Waals surface area (Å²) in [5.74, 6) is -13.3. The third-order valence-corrected chi connectivity index (χ3v) is 10.2. The number of primary amides is 2. The number of fused-ring (bicyclic) bond motifs is 3. The van der Waals surface area contributed by atoms with Gasteiger partial charge in [0.1, 0.15) is 36.3 Å². The summed E-state index contributed by atoms with van der Waals surface area (Å²) in [6, 6.07) is 0.648. The molecule has 372 valence electrons. The van der Waals surface area contributed by atoms with Crippen LogP contribution in [0.2, 0.25) is 0 Å². The van der Waals surface area contributed by atoms with Crippen LogP contribution in [-0.4, -0.2) is 147 Å². The van der Waals surface area contributed by atoms with Crippen molar-refractivity contribution in [3.63, 3.8) is 0 Å². The highest BCUT2D eigenvalue weighted by molar-refractivity contribution is 6.53. The predicted molar refractivity (Wildman–Crippen MR) is 238 cm³/mol. The Morgan fingerprint density at radius 1 is 0.565 bits per heavy atom. The Hall–Kier alpha value is -8.13. The molecule has 0 unspecified atom stereocenters. The minimum Gasteiger partial charge on any atom is -0.480 e. The molecule has 0 aliphatic heterocycles. The molecule has 0 radical (unpaired) electrons. The van der Waals surface area contributed by atoms with Gasteiger partial charge in [-0.05, 0) is 56.9 Å². The minimum atomic E-state index is -1.93. The summed E-state index contributed by atoms with van der Waals surface area (Å²) >= 11 is 0. The number of aliphatic carboxylic acids is 1. The van der Waals surface area contributed by atoms with Crippen LogP contribution in [0.4, 0.5) is 5.69 Å². The Bertz CT molecular complexity index is 2390. The molecule has 69 heavy (non-hydrogen) atoms. The van der Waals surface area contributed by atoms with E-state index in [1.165, 1.54) is 38.1 Å². The van der Waals surface area contributed by atoms with Crippen LogP contribution in [0.3, 0.4) is 0 Å². The molecule has 26 nitrogen and oxygen atoms in total. The highest BCUT2D eigenvalue weighted by Crippen LogP contribution is 2.34. The van der Waals surface area contributed by atoms with Crippen LogP contribution < -0.4 is 54.0 Å². The van der Waals surface area contributed by atoms with Gasteiger partial charge < -0.3 is 69.3 Å². The number of aliphatic hydroxyl groups excluding tert-OH is 2. The Morgan fingerprint density at radius 2 is 1.07 bits per heavy atom. The van der Waals surface area contributed by atoms with E-state index in [1.807, 2.05) is 0 Å². The summed E-state index contributed by atoms with van der Waals surface area (Å²) in [5, 5.41) is 47.9. The number of carboxylic acid groups (broad SMARTS) is 1. The van der Waals surface area contributed by atoms with Gasteiger partial charge in [-0.3, -0.25) is 57.5 Å². The lowest BCUT2D eigenvalue weighted by Crippen LogP contribution is -2.61. The van der Waals surface area contributed by atoms with Crippen molar-refractivity contribution in [3.05, 3.63) is 53.6 Å². The Balaban J connectivity index is 1.67. The lowest BCUT2D eigenvalue weighted by Gasteiger charge is -2.27. The number of nitrogens with two attached hydrogens (primary N) is 2. The van der Waals surface area contributed by atoms with Crippen LogP contribution in [0.15, 0.2) is 42.5 Å². The molecule has 0 saturated carbocycles. The monoisotopic (exact) mass is 966 g/mol. The largest absolute Gasteiger partial charge is 0.480 e. The van der Waals surface area contributed by atoms with E-state index < -0.39 is 164 Å². The van der Waals surface area contributed by atoms with Gasteiger partial charge in [0.25, 0.3) is 0 Å². The van der Waals surface area contributed by atoms with Gasteiger partial charge in [0.2, 0.25) is 70.6 Å². The number of ketones is 2. The number of carboxylic acids is 1. The van der Waals surface area contributed by atoms with Gasteiger partial charge in [-0.15, -0.1) is 0 Å². The predicted octanol–water partition coefficient (Wildman–Crippen LogP) is -4.50. The van der Waals surface area contributed by atoms with Crippen LogP contribution in [0.5, 0.6) is 0 Å². The van der Waals surface area contributed by atoms with E-state index >= 15 is 0 Å². The van der Waals surface area contributed by atoms with E-state index in [9.17, 15) is 77.6 Å². The zero-order chi connectivity index (χ0) is 51.9. The van der Waals surface area contributed by atoms with E-state index in [1.54, 1.807) is 18.2 Å². The van der Waals surface area contributed by atoms with E-state index in [2.05, 4.69) is 42.5 Å². The van der Waals surface area contributed by atoms with Crippen molar-refractivity contribution in [2.75, 3.05) is 11.9 Å². The summed E-state index contributed by atoms with van der Waals surface area (Å²) in [5.41, 5.74) is 11.6. The van der Waals surface area contributed by atoms with Gasteiger partial charge in [0.05, 0.1) is 25.2 Å². The number of rotatable bonds is 25. The molecule has 1 aliphatic carbocycles. The zero-order valence-corrected chi connectivity index (χ0v) is 37.7. The number of benzene rings is 2. The maximum Gasteiger partial charge on any atom is 0.326 e. The van der Waals surface area contributed by atoms with Gasteiger partial charge in [0, 0.05) is 36.6 Å². The average molecular weight is 967 g/mol. The number of amides is 10. The maximum atomic E-state index is 13.4. The second-order valence-electron chi connectivity index (χ2n) is 15.9. The van der Waals surface area contributed by atoms with Crippen molar-refractivity contribution in [2.24, 2.45) is 11.5 Å². The normalized spacial score (nSPS) is 15.0. The van der Waals surface area contributed by atoms with Crippen molar-refractivity contribution in [3.8, 4) is 11.1 Å². The van der Waals surface area contributed by atoms with Crippen LogP contribution >= 0.6 is 0 Å². The number of hydrogen-bond donors (Lipinski definition) is 13. The third kappa shape index (κ3) is 16.3. The van der Waals surface area contributed by atoms with Gasteiger partial charge in [-0.2, -0.15) is 0 Å². The number of Topliss-reactive ketones (excluding diaryl/α,β-unsaturated/α-hetero) is 2. The van der Waals surface area contributed by atoms with Crippen molar-refractivity contribution in [2.45, 2.75) is 108 Å². The molecule has 0 fully saturated rings. The van der Waals surface area contributed by atoms with Crippen LogP contribution in [0.1, 0.15) is 80.5 Å². The zero-order valence-electron chi connectivity index (χ0n) is 37.7. The summed E-state index contributed by atoms with van der Waals surface area (Å²) in [7, 11) is 0. The van der Waals surface area contributed by atoms with Gasteiger partial charge in [0.15, 0.2) is 0 Å². The lowest BCUT2D eigenvalue weighted by molar-refractivity contribution is -0.143. The molecule has 1 aliphatic rings. The molecule has 0 heterocycles. The summed E-state index contributed by atoms with van der Waals surface area (Å²) in [4.78, 5) is 164. The summed E-state index contributed by atoms with van der Waals surface area (Å²) in [6.45, 7) is 3.64. The Kier molecular flexibility index (Phi) is 20.1. The molecule has 2 aromatic rings. The third-order valence-electron chi connectivity index (χ3n) is 10.2. The minimum absolute atomic E-state index is 0.00775. The molecule has 15 N–H and O–H groups in total. The first-order valence-electron chi connectivity index (χ1n) is 21.1. The number of hydrogen-bond acceptors (Lipinski definition) is 15. The molecule has 0 saturated heterocycles. The van der Waals surface area contributed by atoms with Crippen LogP contribution in [0.25, 0.3) is 11.1 Å². The van der Waals surface area contributed by atoms with Gasteiger partial charge in [-0.25, -0.2) is 4.79 Å². The molecular formula is C43H54N10O16. The molecule has 3 rings (SSSR count). The van der Waals surface area contributed by atoms with Crippen molar-refractivity contribution in [1.82, 2.24) is 37.2 Å². The molecule has 26 heteroatoms. The first-order valence-corrected chi connectivity index (χ1v) is 21.1. The fourth-order valence-corrected chi connectivity index (χ4v) is 6.66. The molecule has 2 aromatic carbocycles. The first kappa shape index (κ1) is 55.2. The van der Waals surface area contributed by atoms with Gasteiger partial charge >= 0.3 is 5.97 Å². The fraction of sp³-hybridized carbons (Fsp3) is 0.419. The smallest absolute Gasteiger partial charge is 0.326 e. The second-order valence-corrected chi connectivity index (χ2v) is 15.9. The second kappa shape index (κ2) is 25.1. The van der Waals surface area contributed by atoms with Gasteiger partial charge in [-0.1, -0.05) is 30.3 Å². The Morgan fingerprint density at radius 3 is 1.62 bits per heavy atom. The fourth-order valence-electron chi connectivity index (χ4n) is 6.66. The number of nitrogens with one attached hydrogen (secondary N) is 8. The summed E-state index contributed by atoms with van der Waals surface area (Å²) < 4.78 is 0. The topological polar surface area (TPSA) is 431 Å². The number of carbonyl (C=O) groups is 13. The molecule has 0 aromatic heterocycles. The maximum absolute atomic E-state index is 13.4. The number of anilines is 1. The van der Waals surface area contributed by atoms with Crippen LogP contribution in [0, 0.1) is 0 Å². The highest BCUT2D eigenvalue weighted by Gasteiger charge is 2.35.